The molecule has 0 fully saturated rings. The molecule has 1 unspecified atom stereocenters. The van der Waals surface area contributed by atoms with Gasteiger partial charge >= 0.3 is 12.1 Å². The first-order valence-electron chi connectivity index (χ1n) is 5.61. The van der Waals surface area contributed by atoms with Gasteiger partial charge in [0.05, 0.1) is 29.6 Å². The van der Waals surface area contributed by atoms with E-state index in [0.717, 1.165) is 0 Å². The van der Waals surface area contributed by atoms with Crippen molar-refractivity contribution in [2.45, 2.75) is 17.5 Å². The smallest absolute Gasteiger partial charge is 0.411 e. The Bertz CT molecular complexity index is 471. The maximum Gasteiger partial charge on any atom is 0.411 e. The Morgan fingerprint density at radius 2 is 1.85 bits per heavy atom. The summed E-state index contributed by atoms with van der Waals surface area (Å²) >= 11 is 0. The van der Waals surface area contributed by atoms with E-state index in [1.807, 2.05) is 0 Å². The highest BCUT2D eigenvalue weighted by atomic mass is 32.2. The van der Waals surface area contributed by atoms with Crippen LogP contribution in [-0.2, 0) is 26.8 Å². The first kappa shape index (κ1) is 16.6. The van der Waals surface area contributed by atoms with Crippen LogP contribution in [-0.4, -0.2) is 40.4 Å². The fourth-order valence-electron chi connectivity index (χ4n) is 1.37. The SMILES string of the molecule is O=C(O)Cc1ccc(S(=O)CCOCC(F)(F)F)cc1. The molecule has 1 aromatic carbocycles. The number of carboxylic acid groups (broad SMARTS) is 1. The number of carboxylic acids is 1. The van der Waals surface area contributed by atoms with Crippen LogP contribution in [0.25, 0.3) is 0 Å². The van der Waals surface area contributed by atoms with Gasteiger partial charge in [-0.2, -0.15) is 13.2 Å². The lowest BCUT2D eigenvalue weighted by atomic mass is 10.2. The summed E-state index contributed by atoms with van der Waals surface area (Å²) in [5, 5.41) is 8.59. The minimum absolute atomic E-state index is 0.0473. The second-order valence-electron chi connectivity index (χ2n) is 3.93. The molecule has 112 valence electrons. The molecule has 1 rings (SSSR count). The van der Waals surface area contributed by atoms with E-state index in [2.05, 4.69) is 4.74 Å². The lowest BCUT2D eigenvalue weighted by Crippen LogP contribution is -2.19. The molecule has 1 N–H and O–H groups in total. The quantitative estimate of drug-likeness (QED) is 0.782. The minimum atomic E-state index is -4.39. The van der Waals surface area contributed by atoms with Crippen LogP contribution in [0.2, 0.25) is 0 Å². The molecular weight excluding hydrogens is 297 g/mol. The van der Waals surface area contributed by atoms with Crippen LogP contribution >= 0.6 is 0 Å². The van der Waals surface area contributed by atoms with Crippen molar-refractivity contribution in [2.24, 2.45) is 0 Å². The predicted octanol–water partition coefficient (Wildman–Crippen LogP) is 2.00. The first-order chi connectivity index (χ1) is 9.28. The van der Waals surface area contributed by atoms with E-state index in [-0.39, 0.29) is 18.8 Å². The molecular formula is C12H13F3O4S. The van der Waals surface area contributed by atoms with Crippen LogP contribution in [0, 0.1) is 0 Å². The monoisotopic (exact) mass is 310 g/mol. The van der Waals surface area contributed by atoms with E-state index < -0.39 is 29.6 Å². The lowest BCUT2D eigenvalue weighted by Gasteiger charge is -2.07. The average molecular weight is 310 g/mol. The zero-order valence-corrected chi connectivity index (χ0v) is 11.2. The van der Waals surface area contributed by atoms with E-state index in [1.165, 1.54) is 24.3 Å². The third kappa shape index (κ3) is 6.67. The number of hydrogen-bond donors (Lipinski definition) is 1. The Morgan fingerprint density at radius 3 is 2.35 bits per heavy atom. The largest absolute Gasteiger partial charge is 0.481 e. The van der Waals surface area contributed by atoms with Gasteiger partial charge in [0.15, 0.2) is 0 Å². The molecule has 0 aromatic heterocycles. The molecule has 0 radical (unpaired) electrons. The highest BCUT2D eigenvalue weighted by Gasteiger charge is 2.27. The molecule has 1 atom stereocenters. The standard InChI is InChI=1S/C12H13F3O4S/c13-12(14,15)8-19-5-6-20(18)10-3-1-9(2-4-10)7-11(16)17/h1-4H,5-8H2,(H,16,17). The summed E-state index contributed by atoms with van der Waals surface area (Å²) in [7, 11) is -1.47. The number of alkyl halides is 3. The fourth-order valence-corrected chi connectivity index (χ4v) is 2.32. The molecule has 8 heteroatoms. The van der Waals surface area contributed by atoms with E-state index in [9.17, 15) is 22.2 Å². The molecule has 0 heterocycles. The van der Waals surface area contributed by atoms with Crippen LogP contribution in [0.4, 0.5) is 13.2 Å². The molecule has 0 amide bonds. The Kier molecular flexibility index (Phi) is 6.15. The van der Waals surface area contributed by atoms with Crippen LogP contribution in [0.5, 0.6) is 0 Å². The van der Waals surface area contributed by atoms with Crippen LogP contribution in [0.3, 0.4) is 0 Å². The molecule has 0 saturated carbocycles. The van der Waals surface area contributed by atoms with Crippen molar-refractivity contribution >= 4 is 16.8 Å². The Labute approximate surface area is 116 Å². The Hall–Kier alpha value is -1.41. The number of benzene rings is 1. The Morgan fingerprint density at radius 1 is 1.25 bits per heavy atom. The van der Waals surface area contributed by atoms with Crippen LogP contribution in [0.15, 0.2) is 29.2 Å². The van der Waals surface area contributed by atoms with Crippen molar-refractivity contribution in [3.8, 4) is 0 Å². The number of ether oxygens (including phenoxy) is 1. The van der Waals surface area contributed by atoms with Crippen molar-refractivity contribution < 1.29 is 32.0 Å². The molecule has 0 aliphatic rings. The summed E-state index contributed by atoms with van der Waals surface area (Å²) < 4.78 is 51.5. The average Bonchev–Trinajstić information content (AvgIpc) is 2.33. The van der Waals surface area contributed by atoms with Crippen molar-refractivity contribution in [1.82, 2.24) is 0 Å². The third-order valence-electron chi connectivity index (χ3n) is 2.22. The third-order valence-corrected chi connectivity index (χ3v) is 3.56. The van der Waals surface area contributed by atoms with Crippen molar-refractivity contribution in [1.29, 1.82) is 0 Å². The minimum Gasteiger partial charge on any atom is -0.481 e. The second-order valence-corrected chi connectivity index (χ2v) is 5.50. The predicted molar refractivity (Wildman–Crippen MR) is 65.9 cm³/mol. The number of carbonyl (C=O) groups is 1. The molecule has 20 heavy (non-hydrogen) atoms. The number of aliphatic carboxylic acids is 1. The van der Waals surface area contributed by atoms with Crippen molar-refractivity contribution in [3.63, 3.8) is 0 Å². The highest BCUT2D eigenvalue weighted by molar-refractivity contribution is 7.85. The van der Waals surface area contributed by atoms with E-state index in [1.54, 1.807) is 0 Å². The highest BCUT2D eigenvalue weighted by Crippen LogP contribution is 2.14. The number of rotatable bonds is 7. The fraction of sp³-hybridized carbons (Fsp3) is 0.417. The molecule has 1 aromatic rings. The summed E-state index contributed by atoms with van der Waals surface area (Å²) in [6.07, 6.45) is -4.53. The van der Waals surface area contributed by atoms with E-state index >= 15 is 0 Å². The zero-order chi connectivity index (χ0) is 15.2. The van der Waals surface area contributed by atoms with Gasteiger partial charge in [0.2, 0.25) is 0 Å². The van der Waals surface area contributed by atoms with Gasteiger partial charge in [-0.15, -0.1) is 0 Å². The van der Waals surface area contributed by atoms with Gasteiger partial charge in [-0.3, -0.25) is 9.00 Å². The first-order valence-corrected chi connectivity index (χ1v) is 6.93. The summed E-state index contributed by atoms with van der Waals surface area (Å²) in [6.45, 7) is -1.62. The maximum absolute atomic E-state index is 11.8. The molecule has 0 bridgehead atoms. The zero-order valence-electron chi connectivity index (χ0n) is 10.4. The summed E-state index contributed by atoms with van der Waals surface area (Å²) in [4.78, 5) is 10.9. The normalized spacial score (nSPS) is 13.2. The molecule has 0 saturated heterocycles. The summed E-state index contributed by atoms with van der Waals surface area (Å²) in [5.74, 6) is -1.02. The molecule has 4 nitrogen and oxygen atoms in total. The Balaban J connectivity index is 2.42. The molecule has 0 aliphatic carbocycles. The summed E-state index contributed by atoms with van der Waals surface area (Å²) in [5.41, 5.74) is 0.562. The maximum atomic E-state index is 11.8. The molecule has 0 aliphatic heterocycles. The lowest BCUT2D eigenvalue weighted by molar-refractivity contribution is -0.172. The van der Waals surface area contributed by atoms with Crippen molar-refractivity contribution in [3.05, 3.63) is 29.8 Å². The van der Waals surface area contributed by atoms with Gasteiger partial charge < -0.3 is 9.84 Å². The van der Waals surface area contributed by atoms with Crippen molar-refractivity contribution in [2.75, 3.05) is 19.0 Å². The van der Waals surface area contributed by atoms with Gasteiger partial charge in [0.25, 0.3) is 0 Å². The van der Waals surface area contributed by atoms with Gasteiger partial charge in [0, 0.05) is 4.90 Å². The van der Waals surface area contributed by atoms with Gasteiger partial charge in [-0.05, 0) is 17.7 Å². The van der Waals surface area contributed by atoms with Gasteiger partial charge in [0.1, 0.15) is 6.61 Å². The van der Waals surface area contributed by atoms with Crippen LogP contribution < -0.4 is 0 Å². The topological polar surface area (TPSA) is 63.6 Å². The van der Waals surface area contributed by atoms with E-state index in [0.29, 0.717) is 10.5 Å². The summed E-state index contributed by atoms with van der Waals surface area (Å²) in [6, 6.07) is 6.05. The number of halogens is 3. The second kappa shape index (κ2) is 7.39. The molecule has 0 spiro atoms. The van der Waals surface area contributed by atoms with Gasteiger partial charge in [-0.25, -0.2) is 0 Å². The number of hydrogen-bond acceptors (Lipinski definition) is 3. The van der Waals surface area contributed by atoms with Gasteiger partial charge in [-0.1, -0.05) is 12.1 Å². The van der Waals surface area contributed by atoms with E-state index in [4.69, 9.17) is 5.11 Å². The van der Waals surface area contributed by atoms with Crippen LogP contribution in [0.1, 0.15) is 5.56 Å².